The number of hydrogen-bond acceptors (Lipinski definition) is 3. The van der Waals surface area contributed by atoms with Crippen molar-refractivity contribution in [1.82, 2.24) is 9.80 Å². The predicted octanol–water partition coefficient (Wildman–Crippen LogP) is 2.47. The van der Waals surface area contributed by atoms with E-state index >= 15 is 0 Å². The second-order valence-electron chi connectivity index (χ2n) is 8.17. The van der Waals surface area contributed by atoms with Gasteiger partial charge in [-0.1, -0.05) is 0 Å². The molecular formula is C18H31FN2O2. The number of rotatable bonds is 4. The van der Waals surface area contributed by atoms with E-state index in [9.17, 15) is 9.18 Å². The molecule has 132 valence electrons. The Morgan fingerprint density at radius 2 is 1.96 bits per heavy atom. The van der Waals surface area contributed by atoms with Crippen LogP contribution in [0.2, 0.25) is 0 Å². The fourth-order valence-corrected chi connectivity index (χ4v) is 4.72. The molecule has 0 radical (unpaired) electrons. The van der Waals surface area contributed by atoms with E-state index < -0.39 is 6.17 Å². The highest BCUT2D eigenvalue weighted by molar-refractivity contribution is 5.80. The van der Waals surface area contributed by atoms with Crippen LogP contribution < -0.4 is 0 Å². The van der Waals surface area contributed by atoms with Crippen molar-refractivity contribution in [3.05, 3.63) is 0 Å². The topological polar surface area (TPSA) is 32.8 Å². The number of likely N-dealkylation sites (tertiary alicyclic amines) is 2. The van der Waals surface area contributed by atoms with E-state index in [-0.39, 0.29) is 11.8 Å². The van der Waals surface area contributed by atoms with E-state index in [1.165, 1.54) is 6.42 Å². The number of alkyl halides is 1. The molecule has 23 heavy (non-hydrogen) atoms. The molecule has 0 aromatic carbocycles. The standard InChI is InChI=1S/C18H31FN2O2/c1-13(2)21-12-18(10-16(21)11-23-3)4-6-20(7-5-18)17(22)14-8-15(19)9-14/h13-16H,4-12H2,1-3H3. The number of carbonyl (C=O) groups is 1. The van der Waals surface area contributed by atoms with Gasteiger partial charge in [-0.05, 0) is 51.4 Å². The number of halogens is 1. The van der Waals surface area contributed by atoms with E-state index in [4.69, 9.17) is 4.74 Å². The van der Waals surface area contributed by atoms with Crippen molar-refractivity contribution in [1.29, 1.82) is 0 Å². The Bertz CT molecular complexity index is 429. The van der Waals surface area contributed by atoms with Crippen LogP contribution in [0.5, 0.6) is 0 Å². The number of carbonyl (C=O) groups excluding carboxylic acids is 1. The lowest BCUT2D eigenvalue weighted by molar-refractivity contribution is -0.142. The zero-order valence-electron chi connectivity index (χ0n) is 14.8. The largest absolute Gasteiger partial charge is 0.383 e. The molecule has 5 heteroatoms. The molecule has 0 bridgehead atoms. The van der Waals surface area contributed by atoms with Crippen molar-refractivity contribution in [2.75, 3.05) is 33.4 Å². The monoisotopic (exact) mass is 326 g/mol. The Labute approximate surface area is 139 Å². The summed E-state index contributed by atoms with van der Waals surface area (Å²) < 4.78 is 18.4. The maximum atomic E-state index is 13.0. The van der Waals surface area contributed by atoms with Crippen molar-refractivity contribution in [2.24, 2.45) is 11.3 Å². The normalized spacial score (nSPS) is 34.1. The number of hydrogen-bond donors (Lipinski definition) is 0. The summed E-state index contributed by atoms with van der Waals surface area (Å²) in [5, 5.41) is 0. The molecule has 3 rings (SSSR count). The maximum Gasteiger partial charge on any atom is 0.225 e. The highest BCUT2D eigenvalue weighted by Gasteiger charge is 2.47. The van der Waals surface area contributed by atoms with Gasteiger partial charge in [0.1, 0.15) is 6.17 Å². The minimum Gasteiger partial charge on any atom is -0.383 e. The van der Waals surface area contributed by atoms with E-state index in [1.807, 2.05) is 4.90 Å². The van der Waals surface area contributed by atoms with Crippen molar-refractivity contribution >= 4 is 5.91 Å². The summed E-state index contributed by atoms with van der Waals surface area (Å²) >= 11 is 0. The van der Waals surface area contributed by atoms with Crippen LogP contribution in [0.1, 0.15) is 46.0 Å². The molecule has 3 aliphatic rings. The van der Waals surface area contributed by atoms with E-state index in [0.717, 1.165) is 39.1 Å². The summed E-state index contributed by atoms with van der Waals surface area (Å²) in [6.07, 6.45) is 3.47. The van der Waals surface area contributed by atoms with Gasteiger partial charge in [-0.25, -0.2) is 4.39 Å². The quantitative estimate of drug-likeness (QED) is 0.796. The first-order valence-corrected chi connectivity index (χ1v) is 9.12. The fourth-order valence-electron chi connectivity index (χ4n) is 4.72. The third-order valence-corrected chi connectivity index (χ3v) is 6.24. The molecule has 2 saturated heterocycles. The maximum absolute atomic E-state index is 13.0. The Balaban J connectivity index is 1.56. The van der Waals surface area contributed by atoms with Gasteiger partial charge in [-0.3, -0.25) is 9.69 Å². The van der Waals surface area contributed by atoms with Gasteiger partial charge in [-0.2, -0.15) is 0 Å². The van der Waals surface area contributed by atoms with Gasteiger partial charge in [-0.15, -0.1) is 0 Å². The number of amides is 1. The van der Waals surface area contributed by atoms with Gasteiger partial charge in [0.05, 0.1) is 6.61 Å². The van der Waals surface area contributed by atoms with Crippen LogP contribution in [0.25, 0.3) is 0 Å². The molecule has 1 spiro atoms. The van der Waals surface area contributed by atoms with Crippen LogP contribution in [0.15, 0.2) is 0 Å². The number of ether oxygens (including phenoxy) is 1. The van der Waals surface area contributed by atoms with Crippen molar-refractivity contribution in [2.45, 2.75) is 64.2 Å². The van der Waals surface area contributed by atoms with Crippen LogP contribution in [0.3, 0.4) is 0 Å². The van der Waals surface area contributed by atoms with Crippen LogP contribution in [0.4, 0.5) is 4.39 Å². The van der Waals surface area contributed by atoms with E-state index in [0.29, 0.717) is 30.3 Å². The minimum absolute atomic E-state index is 0.0453. The molecule has 0 aromatic rings. The number of piperidine rings is 1. The molecule has 1 unspecified atom stereocenters. The first kappa shape index (κ1) is 17.2. The van der Waals surface area contributed by atoms with Gasteiger partial charge >= 0.3 is 0 Å². The highest BCUT2D eigenvalue weighted by atomic mass is 19.1. The molecule has 1 saturated carbocycles. The van der Waals surface area contributed by atoms with Gasteiger partial charge in [0, 0.05) is 44.7 Å². The molecule has 3 fully saturated rings. The van der Waals surface area contributed by atoms with Gasteiger partial charge < -0.3 is 9.64 Å². The third-order valence-electron chi connectivity index (χ3n) is 6.24. The smallest absolute Gasteiger partial charge is 0.225 e. The average molecular weight is 326 g/mol. The van der Waals surface area contributed by atoms with Crippen LogP contribution in [-0.4, -0.2) is 67.3 Å². The summed E-state index contributed by atoms with van der Waals surface area (Å²) in [6, 6.07) is 1.03. The van der Waals surface area contributed by atoms with Crippen LogP contribution in [-0.2, 0) is 9.53 Å². The molecule has 0 N–H and O–H groups in total. The van der Waals surface area contributed by atoms with Crippen molar-refractivity contribution in [3.63, 3.8) is 0 Å². The zero-order chi connectivity index (χ0) is 16.6. The van der Waals surface area contributed by atoms with Crippen molar-refractivity contribution < 1.29 is 13.9 Å². The third kappa shape index (κ3) is 3.41. The Kier molecular flexibility index (Phi) is 4.98. The molecule has 1 aliphatic carbocycles. The number of methoxy groups -OCH3 is 1. The lowest BCUT2D eigenvalue weighted by Gasteiger charge is -2.42. The lowest BCUT2D eigenvalue weighted by atomic mass is 9.75. The summed E-state index contributed by atoms with van der Waals surface area (Å²) in [4.78, 5) is 17.0. The number of nitrogens with zero attached hydrogens (tertiary/aromatic N) is 2. The van der Waals surface area contributed by atoms with Crippen molar-refractivity contribution in [3.8, 4) is 0 Å². The molecule has 0 aromatic heterocycles. The first-order valence-electron chi connectivity index (χ1n) is 9.12. The lowest BCUT2D eigenvalue weighted by Crippen LogP contribution is -2.49. The Morgan fingerprint density at radius 1 is 1.30 bits per heavy atom. The highest BCUT2D eigenvalue weighted by Crippen LogP contribution is 2.44. The van der Waals surface area contributed by atoms with Crippen LogP contribution in [0, 0.1) is 11.3 Å². The molecule has 1 atom stereocenters. The summed E-state index contributed by atoms with van der Waals surface area (Å²) in [7, 11) is 1.78. The van der Waals surface area contributed by atoms with E-state index in [1.54, 1.807) is 7.11 Å². The second kappa shape index (κ2) is 6.67. The molecule has 1 amide bonds. The van der Waals surface area contributed by atoms with Gasteiger partial charge in [0.25, 0.3) is 0 Å². The van der Waals surface area contributed by atoms with E-state index in [2.05, 4.69) is 18.7 Å². The summed E-state index contributed by atoms with van der Waals surface area (Å²) in [6.45, 7) is 8.11. The molecule has 4 nitrogen and oxygen atoms in total. The SMILES string of the molecule is COCC1CC2(CCN(C(=O)C3CC(F)C3)CC2)CN1C(C)C. The molecule has 2 heterocycles. The fraction of sp³-hybridized carbons (Fsp3) is 0.944. The molecular weight excluding hydrogens is 295 g/mol. The second-order valence-corrected chi connectivity index (χ2v) is 8.17. The summed E-state index contributed by atoms with van der Waals surface area (Å²) in [5.74, 6) is 0.150. The van der Waals surface area contributed by atoms with Crippen LogP contribution >= 0.6 is 0 Å². The Hall–Kier alpha value is -0.680. The predicted molar refractivity (Wildman–Crippen MR) is 88.0 cm³/mol. The van der Waals surface area contributed by atoms with Gasteiger partial charge in [0.15, 0.2) is 0 Å². The van der Waals surface area contributed by atoms with Gasteiger partial charge in [0.2, 0.25) is 5.91 Å². The molecule has 2 aliphatic heterocycles. The average Bonchev–Trinajstić information content (AvgIpc) is 2.83. The first-order chi connectivity index (χ1) is 10.9. The zero-order valence-corrected chi connectivity index (χ0v) is 14.8. The minimum atomic E-state index is -0.746. The summed E-state index contributed by atoms with van der Waals surface area (Å²) in [5.41, 5.74) is 0.340. The Morgan fingerprint density at radius 3 is 2.48 bits per heavy atom.